The second kappa shape index (κ2) is 6.14. The van der Waals surface area contributed by atoms with Crippen LogP contribution >= 0.6 is 11.6 Å². The Morgan fingerprint density at radius 1 is 1.19 bits per heavy atom. The van der Waals surface area contributed by atoms with Crippen molar-refractivity contribution in [2.45, 2.75) is 5.92 Å². The van der Waals surface area contributed by atoms with Crippen molar-refractivity contribution < 1.29 is 8.78 Å². The van der Waals surface area contributed by atoms with Gasteiger partial charge >= 0.3 is 0 Å². The predicted octanol–water partition coefficient (Wildman–Crippen LogP) is 4.27. The molecule has 2 aromatic rings. The Bertz CT molecular complexity index is 642. The second-order valence-electron chi connectivity index (χ2n) is 4.64. The van der Waals surface area contributed by atoms with E-state index < -0.39 is 12.5 Å². The van der Waals surface area contributed by atoms with Gasteiger partial charge in [-0.15, -0.1) is 0 Å². The Balaban J connectivity index is 2.09. The molecule has 0 aliphatic heterocycles. The Morgan fingerprint density at radius 3 is 2.52 bits per heavy atom. The standard InChI is InChI=1S/C16H15ClF2N2/c1-11(14-9-13(20)7-8-15(14)17)21-10-16(18,19)12-5-3-2-4-6-12/h2-9,21H,1,10,20H2. The number of rotatable bonds is 5. The maximum atomic E-state index is 14.1. The van der Waals surface area contributed by atoms with Gasteiger partial charge in [0.15, 0.2) is 0 Å². The summed E-state index contributed by atoms with van der Waals surface area (Å²) in [5, 5.41) is 3.03. The maximum Gasteiger partial charge on any atom is 0.290 e. The van der Waals surface area contributed by atoms with Crippen molar-refractivity contribution in [3.05, 3.63) is 71.3 Å². The average Bonchev–Trinajstić information content (AvgIpc) is 2.48. The molecule has 0 radical (unpaired) electrons. The van der Waals surface area contributed by atoms with E-state index in [1.807, 2.05) is 0 Å². The summed E-state index contributed by atoms with van der Waals surface area (Å²) < 4.78 is 28.1. The fourth-order valence-corrected chi connectivity index (χ4v) is 2.10. The van der Waals surface area contributed by atoms with Gasteiger partial charge in [-0.3, -0.25) is 0 Å². The van der Waals surface area contributed by atoms with Crippen LogP contribution in [0.25, 0.3) is 5.70 Å². The van der Waals surface area contributed by atoms with Gasteiger partial charge in [-0.2, -0.15) is 8.78 Å². The smallest absolute Gasteiger partial charge is 0.290 e. The van der Waals surface area contributed by atoms with E-state index in [9.17, 15) is 8.78 Å². The largest absolute Gasteiger partial charge is 0.399 e. The number of benzene rings is 2. The molecule has 0 bridgehead atoms. The monoisotopic (exact) mass is 308 g/mol. The molecule has 5 heteroatoms. The van der Waals surface area contributed by atoms with E-state index in [0.29, 0.717) is 22.0 Å². The van der Waals surface area contributed by atoms with Gasteiger partial charge < -0.3 is 11.1 Å². The number of nitrogen functional groups attached to an aromatic ring is 1. The first-order valence-corrected chi connectivity index (χ1v) is 6.69. The SMILES string of the molecule is C=C(NCC(F)(F)c1ccccc1)c1cc(N)ccc1Cl. The minimum atomic E-state index is -3.00. The number of hydrogen-bond donors (Lipinski definition) is 2. The topological polar surface area (TPSA) is 38.0 Å². The molecule has 0 aromatic heterocycles. The fourth-order valence-electron chi connectivity index (χ4n) is 1.87. The van der Waals surface area contributed by atoms with Gasteiger partial charge in [0, 0.05) is 27.5 Å². The van der Waals surface area contributed by atoms with E-state index in [0.717, 1.165) is 0 Å². The second-order valence-corrected chi connectivity index (χ2v) is 5.05. The summed E-state index contributed by atoms with van der Waals surface area (Å²) in [5.74, 6) is -3.00. The number of anilines is 1. The van der Waals surface area contributed by atoms with Crippen LogP contribution in [0.5, 0.6) is 0 Å². The molecular formula is C16H15ClF2N2. The van der Waals surface area contributed by atoms with Crippen LogP contribution in [-0.4, -0.2) is 6.54 Å². The van der Waals surface area contributed by atoms with Gasteiger partial charge in [0.25, 0.3) is 5.92 Å². The lowest BCUT2D eigenvalue weighted by molar-refractivity contribution is 0.000715. The molecule has 0 amide bonds. The number of alkyl halides is 2. The minimum Gasteiger partial charge on any atom is -0.399 e. The summed E-state index contributed by atoms with van der Waals surface area (Å²) in [5.41, 5.74) is 6.93. The van der Waals surface area contributed by atoms with E-state index >= 15 is 0 Å². The molecule has 2 nitrogen and oxygen atoms in total. The molecule has 3 N–H and O–H groups in total. The van der Waals surface area contributed by atoms with Gasteiger partial charge in [0.1, 0.15) is 0 Å². The van der Waals surface area contributed by atoms with Crippen molar-refractivity contribution in [1.29, 1.82) is 0 Å². The third-order valence-corrected chi connectivity index (χ3v) is 3.37. The van der Waals surface area contributed by atoms with Crippen LogP contribution in [0.15, 0.2) is 55.1 Å². The third-order valence-electron chi connectivity index (χ3n) is 3.04. The highest BCUT2D eigenvalue weighted by molar-refractivity contribution is 6.32. The van der Waals surface area contributed by atoms with Crippen molar-refractivity contribution in [2.75, 3.05) is 12.3 Å². The Morgan fingerprint density at radius 2 is 1.86 bits per heavy atom. The highest BCUT2D eigenvalue weighted by Gasteiger charge is 2.31. The zero-order valence-electron chi connectivity index (χ0n) is 11.2. The molecule has 0 aliphatic carbocycles. The van der Waals surface area contributed by atoms with Crippen LogP contribution < -0.4 is 11.1 Å². The van der Waals surface area contributed by atoms with Gasteiger partial charge in [0.2, 0.25) is 0 Å². The zero-order valence-corrected chi connectivity index (χ0v) is 12.0. The minimum absolute atomic E-state index is 0.0519. The summed E-state index contributed by atoms with van der Waals surface area (Å²) in [6, 6.07) is 12.5. The van der Waals surface area contributed by atoms with E-state index in [2.05, 4.69) is 11.9 Å². The van der Waals surface area contributed by atoms with Crippen molar-refractivity contribution in [3.63, 3.8) is 0 Å². The Kier molecular flexibility index (Phi) is 4.48. The molecule has 2 aromatic carbocycles. The number of nitrogens with one attached hydrogen (secondary N) is 1. The molecular weight excluding hydrogens is 294 g/mol. The van der Waals surface area contributed by atoms with Crippen LogP contribution in [0.1, 0.15) is 11.1 Å². The first kappa shape index (κ1) is 15.3. The quantitative estimate of drug-likeness (QED) is 0.809. The first-order chi connectivity index (χ1) is 9.90. The Hall–Kier alpha value is -2.07. The summed E-state index contributed by atoms with van der Waals surface area (Å²) in [6.07, 6.45) is 0. The Labute approximate surface area is 127 Å². The zero-order chi connectivity index (χ0) is 15.5. The average molecular weight is 309 g/mol. The van der Waals surface area contributed by atoms with Gasteiger partial charge in [0.05, 0.1) is 6.54 Å². The molecule has 110 valence electrons. The van der Waals surface area contributed by atoms with Crippen molar-refractivity contribution in [1.82, 2.24) is 5.32 Å². The fraction of sp³-hybridized carbons (Fsp3) is 0.125. The number of nitrogens with two attached hydrogens (primary N) is 1. The molecule has 0 aliphatic rings. The highest BCUT2D eigenvalue weighted by atomic mass is 35.5. The summed E-state index contributed by atoms with van der Waals surface area (Å²) >= 11 is 6.01. The van der Waals surface area contributed by atoms with Gasteiger partial charge in [-0.05, 0) is 18.2 Å². The lowest BCUT2D eigenvalue weighted by atomic mass is 10.1. The molecule has 2 rings (SSSR count). The van der Waals surface area contributed by atoms with Gasteiger partial charge in [-0.25, -0.2) is 0 Å². The molecule has 0 heterocycles. The van der Waals surface area contributed by atoms with Crippen LogP contribution in [0.3, 0.4) is 0 Å². The molecule has 0 atom stereocenters. The van der Waals surface area contributed by atoms with Crippen LogP contribution in [0, 0.1) is 0 Å². The molecule has 0 saturated carbocycles. The normalized spacial score (nSPS) is 11.2. The van der Waals surface area contributed by atoms with Crippen LogP contribution in [0.2, 0.25) is 5.02 Å². The summed E-state index contributed by atoms with van der Waals surface area (Å²) in [6.45, 7) is 3.17. The third kappa shape index (κ3) is 3.73. The number of halogens is 3. The maximum absolute atomic E-state index is 14.1. The van der Waals surface area contributed by atoms with Crippen molar-refractivity contribution in [3.8, 4) is 0 Å². The summed E-state index contributed by atoms with van der Waals surface area (Å²) in [7, 11) is 0. The van der Waals surface area contributed by atoms with Crippen molar-refractivity contribution in [2.24, 2.45) is 0 Å². The molecule has 0 saturated heterocycles. The molecule has 0 fully saturated rings. The van der Waals surface area contributed by atoms with Gasteiger partial charge in [-0.1, -0.05) is 48.5 Å². The van der Waals surface area contributed by atoms with E-state index in [1.165, 1.54) is 12.1 Å². The van der Waals surface area contributed by atoms with E-state index in [-0.39, 0.29) is 5.56 Å². The number of hydrogen-bond acceptors (Lipinski definition) is 2. The van der Waals surface area contributed by atoms with E-state index in [1.54, 1.807) is 36.4 Å². The first-order valence-electron chi connectivity index (χ1n) is 6.31. The highest BCUT2D eigenvalue weighted by Crippen LogP contribution is 2.29. The lowest BCUT2D eigenvalue weighted by Crippen LogP contribution is -2.29. The lowest BCUT2D eigenvalue weighted by Gasteiger charge is -2.19. The van der Waals surface area contributed by atoms with Crippen molar-refractivity contribution >= 4 is 23.0 Å². The molecule has 21 heavy (non-hydrogen) atoms. The molecule has 0 unspecified atom stereocenters. The van der Waals surface area contributed by atoms with Crippen LogP contribution in [-0.2, 0) is 5.92 Å². The summed E-state index contributed by atoms with van der Waals surface area (Å²) in [4.78, 5) is 0. The molecule has 0 spiro atoms. The van der Waals surface area contributed by atoms with Crippen LogP contribution in [0.4, 0.5) is 14.5 Å². The predicted molar refractivity (Wildman–Crippen MR) is 83.2 cm³/mol. The van der Waals surface area contributed by atoms with E-state index in [4.69, 9.17) is 17.3 Å².